The Morgan fingerprint density at radius 2 is 0.741 bits per heavy atom. The molecule has 12 amide bonds. The van der Waals surface area contributed by atoms with Gasteiger partial charge in [0.1, 0.15) is 17.2 Å². The number of nitrogens with zero attached hydrogens (tertiary/aromatic N) is 15. The van der Waals surface area contributed by atoms with E-state index in [2.05, 4.69) is 83.1 Å². The van der Waals surface area contributed by atoms with E-state index in [0.29, 0.717) is 155 Å². The average molecular weight is 2180 g/mol. The summed E-state index contributed by atoms with van der Waals surface area (Å²) >= 11 is 14.2. The zero-order chi connectivity index (χ0) is 106. The molecule has 0 unspecified atom stereocenters. The van der Waals surface area contributed by atoms with E-state index in [1.807, 2.05) is 120 Å². The van der Waals surface area contributed by atoms with Crippen LogP contribution >= 0.6 is 115 Å². The highest BCUT2D eigenvalue weighted by Crippen LogP contribution is 2.45. The largest absolute Gasteiger partial charge is 0.496 e. The Morgan fingerprint density at radius 3 is 1.07 bits per heavy atom. The number of thiophene rings is 1. The number of hydrogen-bond acceptors (Lipinski definition) is 31. The number of piperazine rings is 3. The summed E-state index contributed by atoms with van der Waals surface area (Å²) in [4.78, 5) is 188. The lowest BCUT2D eigenvalue weighted by atomic mass is 10.0. The third kappa shape index (κ3) is 28.4. The summed E-state index contributed by atoms with van der Waals surface area (Å²) in [5, 5.41) is 22.7. The number of nitrogens with one attached hydrogen (secondary N) is 4. The Labute approximate surface area is 895 Å². The van der Waals surface area contributed by atoms with E-state index in [1.54, 1.807) is 122 Å². The van der Waals surface area contributed by atoms with Crippen LogP contribution in [0, 0.1) is 40.5 Å². The lowest BCUT2D eigenvalue weighted by Crippen LogP contribution is -2.56. The van der Waals surface area contributed by atoms with Gasteiger partial charge in [0.15, 0.2) is 20.5 Å². The van der Waals surface area contributed by atoms with Crippen molar-refractivity contribution in [3.05, 3.63) is 231 Å². The Balaban J connectivity index is 0.000000164. The van der Waals surface area contributed by atoms with Gasteiger partial charge in [0, 0.05) is 158 Å². The van der Waals surface area contributed by atoms with Crippen LogP contribution in [-0.4, -0.2) is 268 Å². The summed E-state index contributed by atoms with van der Waals surface area (Å²) in [5.74, 6) is 0.157. The zero-order valence-electron chi connectivity index (χ0n) is 83.8. The third-order valence-corrected chi connectivity index (χ3v) is 35.0. The second-order valence-corrected chi connectivity index (χ2v) is 45.7. The number of carbonyl (C=O) groups is 12. The number of methoxy groups -OCH3 is 3. The zero-order valence-corrected chi connectivity index (χ0v) is 92.0. The van der Waals surface area contributed by atoms with Crippen molar-refractivity contribution in [2.75, 3.05) is 121 Å². The topological polar surface area (TPSA) is 389 Å². The van der Waals surface area contributed by atoms with Crippen LogP contribution in [-0.2, 0) is 31.0 Å². The van der Waals surface area contributed by atoms with Gasteiger partial charge in [-0.3, -0.25) is 78.2 Å². The number of ether oxygens (including phenoxy) is 3. The first-order valence-electron chi connectivity index (χ1n) is 47.5. The van der Waals surface area contributed by atoms with Crippen molar-refractivity contribution in [2.45, 2.75) is 168 Å². The summed E-state index contributed by atoms with van der Waals surface area (Å²) < 4.78 is 25.8. The lowest BCUT2D eigenvalue weighted by Gasteiger charge is -2.41. The molecule has 11 aromatic rings. The Bertz CT molecular complexity index is 6490. The molecule has 4 atom stereocenters. The van der Waals surface area contributed by atoms with Crippen molar-refractivity contribution in [1.29, 1.82) is 0 Å². The molecule has 0 spiro atoms. The van der Waals surface area contributed by atoms with Gasteiger partial charge in [-0.15, -0.1) is 0 Å². The fraction of sp³-hybridized carbons (Fsp3) is 0.359. The van der Waals surface area contributed by atoms with Crippen LogP contribution in [0.2, 0.25) is 0 Å². The van der Waals surface area contributed by atoms with Crippen molar-refractivity contribution < 1.29 is 71.7 Å². The number of aromatic nitrogens is 7. The van der Waals surface area contributed by atoms with Crippen molar-refractivity contribution in [2.24, 2.45) is 13.0 Å². The number of anilines is 4. The predicted octanol–water partition coefficient (Wildman–Crippen LogP) is 18.5. The summed E-state index contributed by atoms with van der Waals surface area (Å²) in [6.07, 6.45) is 22.5. The van der Waals surface area contributed by atoms with Crippen LogP contribution in [0.4, 0.5) is 20.5 Å². The molecule has 44 heteroatoms. The molecule has 1 aliphatic carbocycles. The minimum atomic E-state index is -0.280. The maximum atomic E-state index is 13.6. The predicted molar refractivity (Wildman–Crippen MR) is 581 cm³/mol. The van der Waals surface area contributed by atoms with Gasteiger partial charge in [-0.1, -0.05) is 152 Å². The number of rotatable bonds is 31. The minimum Gasteiger partial charge on any atom is -0.496 e. The molecule has 5 fully saturated rings. The normalized spacial score (nSPS) is 16.0. The summed E-state index contributed by atoms with van der Waals surface area (Å²) in [7, 11) is 6.40. The smallest absolute Gasteiger partial charge is 0.260 e. The van der Waals surface area contributed by atoms with Crippen molar-refractivity contribution >= 4 is 207 Å². The van der Waals surface area contributed by atoms with Crippen LogP contribution < -0.4 is 35.5 Å². The molecule has 0 radical (unpaired) electrons. The van der Waals surface area contributed by atoms with Gasteiger partial charge in [-0.2, -0.15) is 16.4 Å². The Hall–Kier alpha value is -12.7. The molecule has 34 nitrogen and oxygen atoms in total. The molecule has 11 heterocycles. The third-order valence-electron chi connectivity index (χ3n) is 25.0. The first kappa shape index (κ1) is 112. The van der Waals surface area contributed by atoms with Gasteiger partial charge < -0.3 is 58.7 Å². The molecule has 147 heavy (non-hydrogen) atoms. The van der Waals surface area contributed by atoms with Gasteiger partial charge in [0.05, 0.1) is 109 Å². The molecule has 4 aromatic carbocycles. The molecular formula is C103H117N19O15S10. The first-order valence-corrected chi connectivity index (χ1v) is 55.8. The fourth-order valence-electron chi connectivity index (χ4n) is 16.8. The van der Waals surface area contributed by atoms with E-state index in [9.17, 15) is 57.5 Å². The Kier molecular flexibility index (Phi) is 39.7. The van der Waals surface area contributed by atoms with Crippen molar-refractivity contribution in [3.63, 3.8) is 0 Å². The summed E-state index contributed by atoms with van der Waals surface area (Å²) in [6.45, 7) is 38.2. The molecule has 4 saturated heterocycles. The number of thiazole rings is 4. The van der Waals surface area contributed by atoms with E-state index in [1.165, 1.54) is 140 Å². The van der Waals surface area contributed by atoms with Gasteiger partial charge in [0.25, 0.3) is 41.4 Å². The lowest BCUT2D eigenvalue weighted by molar-refractivity contribution is -0.131. The van der Waals surface area contributed by atoms with Crippen LogP contribution in [0.1, 0.15) is 173 Å². The van der Waals surface area contributed by atoms with Crippen molar-refractivity contribution in [3.8, 4) is 17.2 Å². The highest BCUT2D eigenvalue weighted by molar-refractivity contribution is 8.02. The van der Waals surface area contributed by atoms with E-state index in [0.717, 1.165) is 109 Å². The maximum absolute atomic E-state index is 13.6. The first-order chi connectivity index (χ1) is 70.7. The van der Waals surface area contributed by atoms with Crippen molar-refractivity contribution in [1.82, 2.24) is 73.3 Å². The molecule has 1 saturated carbocycles. The number of aryl methyl sites for hydroxylation is 6. The average Bonchev–Trinajstić information content (AvgIpc) is 1.23. The molecule has 774 valence electrons. The van der Waals surface area contributed by atoms with Crippen LogP contribution in [0.15, 0.2) is 201 Å². The molecule has 0 bridgehead atoms. The molecule has 5 aliphatic rings. The van der Waals surface area contributed by atoms with Crippen LogP contribution in [0.5, 0.6) is 17.2 Å². The molecule has 16 rings (SSSR count). The quantitative estimate of drug-likeness (QED) is 0.0293. The van der Waals surface area contributed by atoms with Crippen LogP contribution in [0.3, 0.4) is 0 Å². The SMILES string of the molecule is C=CC(=O)N1CCCN(C(=O)c2cc(Sc3cnc(NC(=O)C4CC4)s3)c(C)cc2C)C[C@H]1CC.C=CC(=O)N1CCN(C(=O)c2cc(Sc3cnc(NC(=O)c4ccsc4)s3)c(C)cc2OC)C[C@H]1CC.C=CC(=O)N1CCN(C(=O)c2cc(Sc3cnc(NC(=O)c4cnn(C)c4)s3)c(C)cc2OC)C[C@H]1CC.C=CC(=O)N1CCN(C(=O)c2cc(Sc3cnc(NC(=O)c4cnsc4)s3)c(C)cc2OC)C[C@H]1CC. The molecular weight excluding hydrogens is 2060 g/mol. The minimum absolute atomic E-state index is 0.00241. The number of benzene rings is 4. The van der Waals surface area contributed by atoms with E-state index in [4.69, 9.17) is 14.2 Å². The number of hydrogen-bond donors (Lipinski definition) is 4. The van der Waals surface area contributed by atoms with E-state index in [-0.39, 0.29) is 101 Å². The highest BCUT2D eigenvalue weighted by atomic mass is 32.2. The van der Waals surface area contributed by atoms with Crippen LogP contribution in [0.25, 0.3) is 0 Å². The number of carbonyl (C=O) groups excluding carboxylic acids is 12. The summed E-state index contributed by atoms with van der Waals surface area (Å²) in [5.41, 5.74) is 8.53. The van der Waals surface area contributed by atoms with Gasteiger partial charge in [0.2, 0.25) is 29.5 Å². The summed E-state index contributed by atoms with van der Waals surface area (Å²) in [6, 6.07) is 16.7. The van der Waals surface area contributed by atoms with Gasteiger partial charge in [-0.05, 0) is 197 Å². The fourth-order valence-corrected chi connectivity index (χ4v) is 25.7. The Morgan fingerprint density at radius 1 is 0.401 bits per heavy atom. The second kappa shape index (κ2) is 52.3. The van der Waals surface area contributed by atoms with E-state index < -0.39 is 0 Å². The van der Waals surface area contributed by atoms with E-state index >= 15 is 0 Å². The molecule has 4 aliphatic heterocycles. The second-order valence-electron chi connectivity index (χ2n) is 34.7. The van der Waals surface area contributed by atoms with Gasteiger partial charge in [-0.25, -0.2) is 24.3 Å². The molecule has 7 aromatic heterocycles. The maximum Gasteiger partial charge on any atom is 0.260 e. The monoisotopic (exact) mass is 2180 g/mol. The standard InChI is InChI=1S/C26H30N6O4S2.C26H28N4O4S3.C26H32N4O3S2.C25H27N5O4S3/c1-6-18-15-31(8-9-32(18)22(33)7-2)25(35)19-11-21(16(3)10-20(19)36-5)37-23-13-27-26(38-23)29-24(34)17-12-28-30(4)14-17;1-5-18-14-29(8-9-30(18)22(31)6-2)25(33)19-12-21(16(3)11-20(19)34-4)36-23-13-27-26(37-23)28-24(32)17-7-10-35-15-17;1-5-19-15-29(10-7-11-30(19)22(31)6-2)25(33)20-13-21(17(4)12-16(20)3)34-23-14-27-26(35-23)28-24(32)18-8-9-18;1-5-17-13-29(7-8-30(17)21(31)6-2)24(33)18-10-20(15(3)9-19(18)34-4)36-22-12-26-25(37-22)28-23(32)16-11-27-35-14-16/h7,10-14,18H,2,6,8-9,15H2,1,3-5H3,(H,27,29,34);6-7,10-13,15,18H,2,5,8-9,14H2,1,3-4H3,(H,27,28,32);6,12-14,18-19H,2,5,7-11,15H2,1,3-4H3,(H,27,28,32);6,9-12,14,17H,2,5,7-8,13H2,1,3-4H3,(H,26,28,32)/t2*18-;19-;17-/m1111/s1. The van der Waals surface area contributed by atoms with Gasteiger partial charge >= 0.3 is 0 Å². The molecule has 4 N–H and O–H groups in total. The number of amides is 12. The highest BCUT2D eigenvalue weighted by Gasteiger charge is 2.39.